The number of carboxylic acid groups (broad SMARTS) is 1. The molecular weight excluding hydrogens is 308 g/mol. The molecule has 0 unspecified atom stereocenters. The average molecular weight is 328 g/mol. The van der Waals surface area contributed by atoms with Crippen molar-refractivity contribution in [1.82, 2.24) is 0 Å². The molecule has 5 heteroatoms. The topological polar surface area (TPSA) is 65.0 Å². The summed E-state index contributed by atoms with van der Waals surface area (Å²) in [6.07, 6.45) is 1.57. The molecule has 0 atom stereocenters. The molecule has 0 aromatic heterocycles. The number of benzene rings is 2. The van der Waals surface area contributed by atoms with Gasteiger partial charge in [-0.25, -0.2) is 4.79 Å². The largest absolute Gasteiger partial charge is 0.497 e. The van der Waals surface area contributed by atoms with Gasteiger partial charge in [-0.15, -0.1) is 0 Å². The van der Waals surface area contributed by atoms with Crippen LogP contribution < -0.4 is 14.2 Å². The first-order chi connectivity index (χ1) is 11.6. The lowest BCUT2D eigenvalue weighted by Crippen LogP contribution is -2.03. The highest BCUT2D eigenvalue weighted by Crippen LogP contribution is 2.33. The monoisotopic (exact) mass is 328 g/mol. The van der Waals surface area contributed by atoms with E-state index in [0.29, 0.717) is 35.0 Å². The van der Waals surface area contributed by atoms with Gasteiger partial charge in [0, 0.05) is 11.1 Å². The minimum Gasteiger partial charge on any atom is -0.497 e. The normalized spacial score (nSPS) is 11.0. The zero-order chi connectivity index (χ0) is 17.5. The van der Waals surface area contributed by atoms with Crippen molar-refractivity contribution < 1.29 is 24.1 Å². The first-order valence-corrected chi connectivity index (χ1v) is 7.50. The lowest BCUT2D eigenvalue weighted by molar-refractivity contribution is -0.130. The lowest BCUT2D eigenvalue weighted by atomic mass is 10.0. The van der Waals surface area contributed by atoms with Gasteiger partial charge in [-0.05, 0) is 37.3 Å². The third kappa shape index (κ3) is 3.87. The molecular formula is C19H20O5. The van der Waals surface area contributed by atoms with Crippen LogP contribution in [0.25, 0.3) is 11.6 Å². The Balaban J connectivity index is 2.61. The van der Waals surface area contributed by atoms with Crippen LogP contribution >= 0.6 is 0 Å². The molecule has 2 rings (SSSR count). The van der Waals surface area contributed by atoms with Gasteiger partial charge in [0.05, 0.1) is 26.4 Å². The van der Waals surface area contributed by atoms with E-state index in [-0.39, 0.29) is 5.57 Å². The summed E-state index contributed by atoms with van der Waals surface area (Å²) in [7, 11) is 3.03. The van der Waals surface area contributed by atoms with Crippen LogP contribution in [0, 0.1) is 0 Å². The van der Waals surface area contributed by atoms with Crippen LogP contribution in [-0.2, 0) is 4.79 Å². The van der Waals surface area contributed by atoms with Gasteiger partial charge in [-0.2, -0.15) is 0 Å². The number of carbonyl (C=O) groups is 1. The maximum atomic E-state index is 11.8. The zero-order valence-corrected chi connectivity index (χ0v) is 13.9. The lowest BCUT2D eigenvalue weighted by Gasteiger charge is -2.12. The van der Waals surface area contributed by atoms with Crippen molar-refractivity contribution >= 4 is 17.6 Å². The van der Waals surface area contributed by atoms with Crippen LogP contribution in [0.15, 0.2) is 42.5 Å². The molecule has 0 fully saturated rings. The molecule has 0 radical (unpaired) electrons. The van der Waals surface area contributed by atoms with Crippen LogP contribution in [0.3, 0.4) is 0 Å². The summed E-state index contributed by atoms with van der Waals surface area (Å²) in [5.74, 6) is 0.572. The summed E-state index contributed by atoms with van der Waals surface area (Å²) in [6, 6.07) is 12.3. The molecule has 2 aromatic carbocycles. The molecule has 1 N–H and O–H groups in total. The molecule has 0 saturated heterocycles. The predicted octanol–water partition coefficient (Wildman–Crippen LogP) is 3.73. The summed E-state index contributed by atoms with van der Waals surface area (Å²) >= 11 is 0. The quantitative estimate of drug-likeness (QED) is 0.620. The molecule has 24 heavy (non-hydrogen) atoms. The number of rotatable bonds is 7. The minimum atomic E-state index is -1.06. The van der Waals surface area contributed by atoms with Gasteiger partial charge in [-0.3, -0.25) is 0 Å². The molecule has 0 saturated carbocycles. The van der Waals surface area contributed by atoms with Crippen molar-refractivity contribution in [2.45, 2.75) is 6.92 Å². The van der Waals surface area contributed by atoms with E-state index in [2.05, 4.69) is 0 Å². The van der Waals surface area contributed by atoms with Crippen LogP contribution in [0.2, 0.25) is 0 Å². The fourth-order valence-electron chi connectivity index (χ4n) is 2.32. The molecule has 126 valence electrons. The summed E-state index contributed by atoms with van der Waals surface area (Å²) in [5, 5.41) is 9.69. The Kier molecular flexibility index (Phi) is 5.84. The highest BCUT2D eigenvalue weighted by molar-refractivity contribution is 6.21. The Hall–Kier alpha value is -2.95. The number of carboxylic acids is 1. The van der Waals surface area contributed by atoms with Crippen molar-refractivity contribution in [3.8, 4) is 17.2 Å². The summed E-state index contributed by atoms with van der Waals surface area (Å²) in [4.78, 5) is 11.8. The second kappa shape index (κ2) is 8.06. The number of hydrogen-bond donors (Lipinski definition) is 1. The van der Waals surface area contributed by atoms with E-state index in [1.165, 1.54) is 14.2 Å². The highest BCUT2D eigenvalue weighted by Gasteiger charge is 2.17. The van der Waals surface area contributed by atoms with Crippen molar-refractivity contribution in [3.05, 3.63) is 53.6 Å². The Morgan fingerprint density at radius 3 is 2.46 bits per heavy atom. The molecule has 0 bridgehead atoms. The highest BCUT2D eigenvalue weighted by atomic mass is 16.5. The number of hydrogen-bond acceptors (Lipinski definition) is 4. The fraction of sp³-hybridized carbons (Fsp3) is 0.211. The van der Waals surface area contributed by atoms with Crippen LogP contribution in [0.1, 0.15) is 18.1 Å². The Bertz CT molecular complexity index is 749. The van der Waals surface area contributed by atoms with Gasteiger partial charge >= 0.3 is 5.97 Å². The third-order valence-corrected chi connectivity index (χ3v) is 3.45. The van der Waals surface area contributed by atoms with Gasteiger partial charge in [-0.1, -0.05) is 18.2 Å². The van der Waals surface area contributed by atoms with Crippen molar-refractivity contribution in [2.75, 3.05) is 20.8 Å². The van der Waals surface area contributed by atoms with Gasteiger partial charge in [0.1, 0.15) is 17.2 Å². The summed E-state index contributed by atoms with van der Waals surface area (Å²) in [5.41, 5.74) is 1.22. The maximum Gasteiger partial charge on any atom is 0.336 e. The van der Waals surface area contributed by atoms with Crippen LogP contribution in [0.5, 0.6) is 17.2 Å². The first-order valence-electron chi connectivity index (χ1n) is 7.50. The molecule has 5 nitrogen and oxygen atoms in total. The SMILES string of the molecule is CCOc1ccccc1/C=C(\C(=O)O)c1cc(OC)ccc1OC. The average Bonchev–Trinajstić information content (AvgIpc) is 2.60. The zero-order valence-electron chi connectivity index (χ0n) is 13.9. The molecule has 0 aliphatic heterocycles. The first kappa shape index (κ1) is 17.4. The van der Waals surface area contributed by atoms with Crippen molar-refractivity contribution in [2.24, 2.45) is 0 Å². The minimum absolute atomic E-state index is 0.0953. The van der Waals surface area contributed by atoms with Crippen molar-refractivity contribution in [1.29, 1.82) is 0 Å². The fourth-order valence-corrected chi connectivity index (χ4v) is 2.32. The van der Waals surface area contributed by atoms with Crippen LogP contribution in [0.4, 0.5) is 0 Å². The number of aliphatic carboxylic acids is 1. The second-order valence-electron chi connectivity index (χ2n) is 4.90. The summed E-state index contributed by atoms with van der Waals surface area (Å²) < 4.78 is 16.1. The summed E-state index contributed by atoms with van der Waals surface area (Å²) in [6.45, 7) is 2.37. The smallest absolute Gasteiger partial charge is 0.336 e. The molecule has 0 heterocycles. The molecule has 2 aromatic rings. The second-order valence-corrected chi connectivity index (χ2v) is 4.90. The van der Waals surface area contributed by atoms with E-state index in [1.54, 1.807) is 36.4 Å². The predicted molar refractivity (Wildman–Crippen MR) is 92.7 cm³/mol. The number of para-hydroxylation sites is 1. The number of ether oxygens (including phenoxy) is 3. The van der Waals surface area contributed by atoms with E-state index < -0.39 is 5.97 Å². The Labute approximate surface area is 141 Å². The molecule has 0 aliphatic rings. The maximum absolute atomic E-state index is 11.8. The number of methoxy groups -OCH3 is 2. The van der Waals surface area contributed by atoms with E-state index in [4.69, 9.17) is 14.2 Å². The van der Waals surface area contributed by atoms with Gasteiger partial charge in [0.15, 0.2) is 0 Å². The van der Waals surface area contributed by atoms with E-state index in [1.807, 2.05) is 19.1 Å². The van der Waals surface area contributed by atoms with Gasteiger partial charge in [0.25, 0.3) is 0 Å². The molecule has 0 spiro atoms. The van der Waals surface area contributed by atoms with E-state index in [0.717, 1.165) is 0 Å². The van der Waals surface area contributed by atoms with Crippen LogP contribution in [-0.4, -0.2) is 31.9 Å². The van der Waals surface area contributed by atoms with Gasteiger partial charge < -0.3 is 19.3 Å². The third-order valence-electron chi connectivity index (χ3n) is 3.45. The van der Waals surface area contributed by atoms with E-state index >= 15 is 0 Å². The van der Waals surface area contributed by atoms with Crippen molar-refractivity contribution in [3.63, 3.8) is 0 Å². The Morgan fingerprint density at radius 1 is 1.08 bits per heavy atom. The molecule has 0 aliphatic carbocycles. The standard InChI is InChI=1S/C19H20O5/c1-4-24-17-8-6-5-7-13(17)11-16(19(20)21)15-12-14(22-2)9-10-18(15)23-3/h5-12H,4H2,1-3H3,(H,20,21)/b16-11-. The molecule has 0 amide bonds. The van der Waals surface area contributed by atoms with E-state index in [9.17, 15) is 9.90 Å². The van der Waals surface area contributed by atoms with Gasteiger partial charge in [0.2, 0.25) is 0 Å². The Morgan fingerprint density at radius 2 is 1.83 bits per heavy atom.